The van der Waals surface area contributed by atoms with Crippen LogP contribution < -0.4 is 4.74 Å². The third kappa shape index (κ3) is 3.30. The lowest BCUT2D eigenvalue weighted by Gasteiger charge is -2.05. The summed E-state index contributed by atoms with van der Waals surface area (Å²) in [7, 11) is 0. The maximum absolute atomic E-state index is 8.74. The number of rotatable bonds is 5. The molecule has 5 nitrogen and oxygen atoms in total. The van der Waals surface area contributed by atoms with Crippen molar-refractivity contribution in [2.24, 2.45) is 0 Å². The van der Waals surface area contributed by atoms with Gasteiger partial charge in [0.05, 0.1) is 6.61 Å². The number of nitrogens with zero attached hydrogens (tertiary/aromatic N) is 2. The standard InChI is InChI=1S/C13H16N2O3/c1-9-5-10(2)7-11(6-9)17-8-13-15-14-12(18-13)3-4-16/h5-7,16H,3-4,8H2,1-2H3. The summed E-state index contributed by atoms with van der Waals surface area (Å²) < 4.78 is 10.9. The van der Waals surface area contributed by atoms with Gasteiger partial charge in [-0.05, 0) is 37.1 Å². The van der Waals surface area contributed by atoms with Gasteiger partial charge in [-0.15, -0.1) is 10.2 Å². The molecule has 0 unspecified atom stereocenters. The van der Waals surface area contributed by atoms with Crippen LogP contribution in [0.5, 0.6) is 5.75 Å². The fourth-order valence-corrected chi connectivity index (χ4v) is 1.70. The van der Waals surface area contributed by atoms with Crippen molar-refractivity contribution in [1.82, 2.24) is 10.2 Å². The summed E-state index contributed by atoms with van der Waals surface area (Å²) in [6.45, 7) is 4.28. The predicted octanol–water partition coefficient (Wildman–Crippen LogP) is 1.80. The number of aromatic nitrogens is 2. The number of aliphatic hydroxyl groups is 1. The number of ether oxygens (including phenoxy) is 1. The van der Waals surface area contributed by atoms with E-state index >= 15 is 0 Å². The van der Waals surface area contributed by atoms with Gasteiger partial charge in [-0.1, -0.05) is 6.07 Å². The molecule has 0 radical (unpaired) electrons. The minimum absolute atomic E-state index is 0.000431. The molecule has 0 bridgehead atoms. The molecule has 1 heterocycles. The lowest BCUT2D eigenvalue weighted by molar-refractivity contribution is 0.249. The quantitative estimate of drug-likeness (QED) is 0.873. The van der Waals surface area contributed by atoms with Crippen LogP contribution >= 0.6 is 0 Å². The zero-order chi connectivity index (χ0) is 13.0. The largest absolute Gasteiger partial charge is 0.484 e. The Morgan fingerprint density at radius 2 is 1.78 bits per heavy atom. The average molecular weight is 248 g/mol. The highest BCUT2D eigenvalue weighted by atomic mass is 16.5. The van der Waals surface area contributed by atoms with E-state index in [1.165, 1.54) is 0 Å². The van der Waals surface area contributed by atoms with Crippen LogP contribution in [0.3, 0.4) is 0 Å². The first kappa shape index (κ1) is 12.6. The SMILES string of the molecule is Cc1cc(C)cc(OCc2nnc(CCO)o2)c1. The van der Waals surface area contributed by atoms with Gasteiger partial charge in [0.1, 0.15) is 5.75 Å². The third-order valence-corrected chi connectivity index (χ3v) is 2.39. The molecule has 2 aromatic rings. The molecule has 0 aliphatic heterocycles. The van der Waals surface area contributed by atoms with Crippen molar-refractivity contribution in [1.29, 1.82) is 0 Å². The second-order valence-electron chi connectivity index (χ2n) is 4.18. The van der Waals surface area contributed by atoms with Crippen molar-refractivity contribution < 1.29 is 14.3 Å². The lowest BCUT2D eigenvalue weighted by Crippen LogP contribution is -1.96. The molecule has 0 saturated heterocycles. The molecule has 0 spiro atoms. The van der Waals surface area contributed by atoms with E-state index in [9.17, 15) is 0 Å². The van der Waals surface area contributed by atoms with Crippen LogP contribution in [0.15, 0.2) is 22.6 Å². The highest BCUT2D eigenvalue weighted by Gasteiger charge is 2.06. The number of hydrogen-bond acceptors (Lipinski definition) is 5. The molecule has 0 aliphatic carbocycles. The van der Waals surface area contributed by atoms with Crippen molar-refractivity contribution in [2.75, 3.05) is 6.61 Å². The fraction of sp³-hybridized carbons (Fsp3) is 0.385. The Labute approximate surface area is 105 Å². The first-order chi connectivity index (χ1) is 8.67. The number of hydrogen-bond donors (Lipinski definition) is 1. The van der Waals surface area contributed by atoms with Gasteiger partial charge in [-0.25, -0.2) is 0 Å². The Morgan fingerprint density at radius 3 is 2.44 bits per heavy atom. The van der Waals surface area contributed by atoms with Crippen LogP contribution in [0, 0.1) is 13.8 Å². The third-order valence-electron chi connectivity index (χ3n) is 2.39. The molecule has 1 aromatic heterocycles. The zero-order valence-corrected chi connectivity index (χ0v) is 10.5. The Morgan fingerprint density at radius 1 is 1.11 bits per heavy atom. The molecule has 1 aromatic carbocycles. The van der Waals surface area contributed by atoms with Crippen LogP contribution in [0.1, 0.15) is 22.9 Å². The van der Waals surface area contributed by atoms with E-state index in [-0.39, 0.29) is 13.2 Å². The van der Waals surface area contributed by atoms with Crippen molar-refractivity contribution in [3.63, 3.8) is 0 Å². The van der Waals surface area contributed by atoms with Crippen LogP contribution in [0.2, 0.25) is 0 Å². The Bertz CT molecular complexity index is 502. The van der Waals surface area contributed by atoms with Gasteiger partial charge in [-0.2, -0.15) is 0 Å². The topological polar surface area (TPSA) is 68.4 Å². The van der Waals surface area contributed by atoms with Crippen molar-refractivity contribution in [3.8, 4) is 5.75 Å². The van der Waals surface area contributed by atoms with Crippen LogP contribution in [0.4, 0.5) is 0 Å². The second-order valence-corrected chi connectivity index (χ2v) is 4.18. The van der Waals surface area contributed by atoms with Gasteiger partial charge in [0.15, 0.2) is 6.61 Å². The molecule has 18 heavy (non-hydrogen) atoms. The second kappa shape index (κ2) is 5.64. The van der Waals surface area contributed by atoms with E-state index < -0.39 is 0 Å². The van der Waals surface area contributed by atoms with E-state index in [1.54, 1.807) is 0 Å². The fourth-order valence-electron chi connectivity index (χ4n) is 1.70. The number of aliphatic hydroxyl groups excluding tert-OH is 1. The molecule has 0 amide bonds. The first-order valence-corrected chi connectivity index (χ1v) is 5.80. The molecular formula is C13H16N2O3. The van der Waals surface area contributed by atoms with Crippen molar-refractivity contribution >= 4 is 0 Å². The summed E-state index contributed by atoms with van der Waals surface area (Å²) in [4.78, 5) is 0. The molecule has 0 saturated carbocycles. The summed E-state index contributed by atoms with van der Waals surface area (Å²) >= 11 is 0. The number of aryl methyl sites for hydroxylation is 2. The average Bonchev–Trinajstić information content (AvgIpc) is 2.74. The molecule has 0 atom stereocenters. The van der Waals surface area contributed by atoms with E-state index in [0.29, 0.717) is 18.2 Å². The van der Waals surface area contributed by atoms with E-state index in [1.807, 2.05) is 26.0 Å². The smallest absolute Gasteiger partial charge is 0.253 e. The highest BCUT2D eigenvalue weighted by Crippen LogP contribution is 2.17. The predicted molar refractivity (Wildman–Crippen MR) is 65.3 cm³/mol. The van der Waals surface area contributed by atoms with E-state index in [4.69, 9.17) is 14.3 Å². The highest BCUT2D eigenvalue weighted by molar-refractivity contribution is 5.32. The van der Waals surface area contributed by atoms with Crippen molar-refractivity contribution in [3.05, 3.63) is 41.1 Å². The molecule has 0 aliphatic rings. The normalized spacial score (nSPS) is 10.6. The minimum Gasteiger partial charge on any atom is -0.484 e. The summed E-state index contributed by atoms with van der Waals surface area (Å²) in [6, 6.07) is 5.99. The van der Waals surface area contributed by atoms with Gasteiger partial charge in [0.25, 0.3) is 5.89 Å². The van der Waals surface area contributed by atoms with Crippen LogP contribution in [-0.4, -0.2) is 21.9 Å². The summed E-state index contributed by atoms with van der Waals surface area (Å²) in [5, 5.41) is 16.4. The summed E-state index contributed by atoms with van der Waals surface area (Å²) in [5.74, 6) is 1.63. The van der Waals surface area contributed by atoms with Gasteiger partial charge in [0, 0.05) is 6.42 Å². The first-order valence-electron chi connectivity index (χ1n) is 5.80. The Hall–Kier alpha value is -1.88. The van der Waals surface area contributed by atoms with Crippen LogP contribution in [-0.2, 0) is 13.0 Å². The summed E-state index contributed by atoms with van der Waals surface area (Å²) in [6.07, 6.45) is 0.372. The number of benzene rings is 1. The monoisotopic (exact) mass is 248 g/mol. The zero-order valence-electron chi connectivity index (χ0n) is 10.5. The maximum Gasteiger partial charge on any atom is 0.253 e. The van der Waals surface area contributed by atoms with Gasteiger partial charge in [0.2, 0.25) is 5.89 Å². The molecular weight excluding hydrogens is 232 g/mol. The molecule has 0 fully saturated rings. The van der Waals surface area contributed by atoms with Crippen LogP contribution in [0.25, 0.3) is 0 Å². The summed E-state index contributed by atoms with van der Waals surface area (Å²) in [5.41, 5.74) is 2.30. The lowest BCUT2D eigenvalue weighted by atomic mass is 10.1. The molecule has 1 N–H and O–H groups in total. The van der Waals surface area contributed by atoms with Crippen molar-refractivity contribution in [2.45, 2.75) is 26.9 Å². The Kier molecular flexibility index (Phi) is 3.94. The minimum atomic E-state index is -0.000431. The maximum atomic E-state index is 8.74. The van der Waals surface area contributed by atoms with E-state index in [0.717, 1.165) is 16.9 Å². The molecule has 2 rings (SSSR count). The van der Waals surface area contributed by atoms with E-state index in [2.05, 4.69) is 16.3 Å². The Balaban J connectivity index is 1.97. The van der Waals surface area contributed by atoms with Gasteiger partial charge >= 0.3 is 0 Å². The molecule has 96 valence electrons. The van der Waals surface area contributed by atoms with Gasteiger partial charge < -0.3 is 14.3 Å². The van der Waals surface area contributed by atoms with Gasteiger partial charge in [-0.3, -0.25) is 0 Å². The molecule has 5 heteroatoms.